The van der Waals surface area contributed by atoms with Crippen LogP contribution >= 0.6 is 23.2 Å². The van der Waals surface area contributed by atoms with Crippen LogP contribution in [0.1, 0.15) is 108 Å². The molecule has 79 heavy (non-hydrogen) atoms. The third-order valence-electron chi connectivity index (χ3n) is 18.3. The number of aliphatic hydroxyl groups excluding tert-OH is 1. The highest BCUT2D eigenvalue weighted by Crippen LogP contribution is 2.73. The van der Waals surface area contributed by atoms with Crippen molar-refractivity contribution in [1.82, 2.24) is 9.38 Å². The molecule has 1 N–H and O–H groups in total. The maximum absolute atomic E-state index is 18.7. The second kappa shape index (κ2) is 18.2. The maximum Gasteiger partial charge on any atom is 0.666 e. The standard InChI is InChI=1S/C66H56BCl2F2N3O5/c1-2-3-8-31-77-45-23-20-39(21-24-45)42-22-28-57-51(33-42)48-25-26-49-59-50(27-29-58(79-57)60(48)59)65(76)72(64(49)75)30-11-32-78-46-36-53(68)61(54(69)37-46)62-55-34-43-16-9-14-40-12-4-6-18-47(40)63(43)73(55)67(70,71)74-38-66(74)44(35-56(62)74)17-10-15-41-13-5-7-19-52(41)66/h4-7,12-13,18-29,33-37,64,75H,2-3,8-11,14-17,30-32,38H2,1H3. The van der Waals surface area contributed by atoms with E-state index in [4.69, 9.17) is 37.4 Å². The number of nitrogens with zero attached hydrogens (tertiary/aromatic N) is 3. The molecule has 1 saturated heterocycles. The zero-order valence-electron chi connectivity index (χ0n) is 43.8. The quantitative estimate of drug-likeness (QED) is 0.0750. The minimum Gasteiger partial charge on any atom is -0.494 e. The van der Waals surface area contributed by atoms with E-state index in [0.29, 0.717) is 85.7 Å². The summed E-state index contributed by atoms with van der Waals surface area (Å²) in [4.78, 5) is 15.9. The highest BCUT2D eigenvalue weighted by atomic mass is 35.5. The Bertz CT molecular complexity index is 3980. The molecule has 1 amide bonds. The van der Waals surface area contributed by atoms with Crippen LogP contribution in [0.25, 0.3) is 49.9 Å². The van der Waals surface area contributed by atoms with Crippen LogP contribution in [-0.4, -0.2) is 58.1 Å². The molecule has 3 atom stereocenters. The van der Waals surface area contributed by atoms with Gasteiger partial charge in [0.15, 0.2) is 11.8 Å². The number of aromatic nitrogens is 1. The number of hydrogen-bond donors (Lipinski definition) is 1. The Labute approximate surface area is 467 Å². The minimum absolute atomic E-state index is 0.177. The average molecular weight is 1090 g/mol. The van der Waals surface area contributed by atoms with E-state index < -0.39 is 23.1 Å². The molecule has 13 heteroatoms. The van der Waals surface area contributed by atoms with Crippen LogP contribution in [0, 0.1) is 0 Å². The molecule has 1 aromatic heterocycles. The first-order chi connectivity index (χ1) is 38.5. The number of aliphatic hydroxyl groups is 1. The number of carbonyl (C=O) groups is 1. The van der Waals surface area contributed by atoms with E-state index in [0.717, 1.165) is 124 Å². The van der Waals surface area contributed by atoms with E-state index in [1.54, 1.807) is 18.2 Å². The molecule has 2 spiro atoms. The number of amides is 1. The molecular weight excluding hydrogens is 1030 g/mol. The monoisotopic (exact) mass is 1090 g/mol. The van der Waals surface area contributed by atoms with Crippen molar-refractivity contribution in [3.05, 3.63) is 205 Å². The first-order valence-corrected chi connectivity index (χ1v) is 28.8. The van der Waals surface area contributed by atoms with Crippen molar-refractivity contribution in [2.75, 3.05) is 26.3 Å². The number of quaternary nitrogens is 1. The Morgan fingerprint density at radius 1 is 0.709 bits per heavy atom. The Morgan fingerprint density at radius 3 is 2.25 bits per heavy atom. The van der Waals surface area contributed by atoms with Crippen LogP contribution in [0.2, 0.25) is 10.0 Å². The summed E-state index contributed by atoms with van der Waals surface area (Å²) in [5, 5.41) is 14.0. The first kappa shape index (κ1) is 48.9. The lowest BCUT2D eigenvalue weighted by atomic mass is 9.81. The van der Waals surface area contributed by atoms with Crippen molar-refractivity contribution in [3.63, 3.8) is 0 Å². The molecular formula is C66H56BCl2F2N3O5. The van der Waals surface area contributed by atoms with E-state index in [-0.39, 0.29) is 25.6 Å². The largest absolute Gasteiger partial charge is 0.666 e. The topological polar surface area (TPSA) is 73.2 Å². The molecule has 15 rings (SSSR count). The van der Waals surface area contributed by atoms with Gasteiger partial charge in [0.2, 0.25) is 0 Å². The highest BCUT2D eigenvalue weighted by Gasteiger charge is 2.84. The fraction of sp³-hybridized carbons (Fsp3) is 0.258. The lowest BCUT2D eigenvalue weighted by Crippen LogP contribution is -2.59. The summed E-state index contributed by atoms with van der Waals surface area (Å²) in [5.41, 5.74) is 12.9. The summed E-state index contributed by atoms with van der Waals surface area (Å²) >= 11 is 14.8. The van der Waals surface area contributed by atoms with Gasteiger partial charge in [-0.2, -0.15) is 0 Å². The number of aryl methyl sites for hydroxylation is 3. The second-order valence-corrected chi connectivity index (χ2v) is 23.3. The molecule has 396 valence electrons. The number of hydrogen-bond acceptors (Lipinski definition) is 5. The number of benzene rings is 7. The van der Waals surface area contributed by atoms with Gasteiger partial charge < -0.3 is 41.7 Å². The first-order valence-electron chi connectivity index (χ1n) is 28.1. The fourth-order valence-corrected chi connectivity index (χ4v) is 15.4. The van der Waals surface area contributed by atoms with Crippen LogP contribution in [-0.2, 0) is 24.8 Å². The number of unbranched alkanes of at least 4 members (excludes halogenated alkanes) is 2. The second-order valence-electron chi connectivity index (χ2n) is 22.5. The van der Waals surface area contributed by atoms with E-state index in [2.05, 4.69) is 55.5 Å². The molecule has 8 nitrogen and oxygen atoms in total. The fourth-order valence-electron chi connectivity index (χ4n) is 14.7. The number of ether oxygens (including phenoxy) is 3. The predicted octanol–water partition coefficient (Wildman–Crippen LogP) is 16.0. The van der Waals surface area contributed by atoms with Crippen molar-refractivity contribution in [3.8, 4) is 56.5 Å². The zero-order chi connectivity index (χ0) is 53.5. The van der Waals surface area contributed by atoms with E-state index in [9.17, 15) is 9.90 Å². The van der Waals surface area contributed by atoms with Gasteiger partial charge in [-0.1, -0.05) is 122 Å². The molecule has 0 radical (unpaired) electrons. The lowest BCUT2D eigenvalue weighted by molar-refractivity contribution is -0.691. The molecule has 7 aromatic carbocycles. The van der Waals surface area contributed by atoms with Crippen LogP contribution in [0.4, 0.5) is 8.63 Å². The molecule has 0 bridgehead atoms. The van der Waals surface area contributed by atoms with Gasteiger partial charge in [0.25, 0.3) is 5.91 Å². The summed E-state index contributed by atoms with van der Waals surface area (Å²) < 4.78 is 57.1. The molecule has 7 aliphatic rings. The third kappa shape index (κ3) is 7.01. The zero-order valence-corrected chi connectivity index (χ0v) is 45.3. The van der Waals surface area contributed by atoms with Gasteiger partial charge in [-0.25, -0.2) is 0 Å². The number of carbonyl (C=O) groups excluding carboxylic acids is 1. The Morgan fingerprint density at radius 2 is 1.42 bits per heavy atom. The van der Waals surface area contributed by atoms with E-state index in [1.165, 1.54) is 9.38 Å². The van der Waals surface area contributed by atoms with E-state index >= 15 is 8.63 Å². The molecule has 2 aliphatic carbocycles. The number of halogens is 4. The lowest BCUT2D eigenvalue weighted by Gasteiger charge is -2.45. The van der Waals surface area contributed by atoms with Crippen LogP contribution in [0.5, 0.6) is 23.0 Å². The number of rotatable bonds is 12. The van der Waals surface area contributed by atoms with Gasteiger partial charge in [0.05, 0.1) is 28.8 Å². The minimum atomic E-state index is -4.31. The normalized spacial score (nSPS) is 21.2. The van der Waals surface area contributed by atoms with Gasteiger partial charge in [-0.15, -0.1) is 0 Å². The van der Waals surface area contributed by atoms with Gasteiger partial charge in [0, 0.05) is 68.2 Å². The molecule has 1 fully saturated rings. The Hall–Kier alpha value is -7.15. The van der Waals surface area contributed by atoms with Gasteiger partial charge in [0.1, 0.15) is 35.2 Å². The molecule has 5 aliphatic heterocycles. The number of allylic oxidation sites excluding steroid dienone is 1. The molecule has 3 unspecified atom stereocenters. The summed E-state index contributed by atoms with van der Waals surface area (Å²) in [5.74, 6) is 2.32. The third-order valence-corrected chi connectivity index (χ3v) is 18.9. The van der Waals surface area contributed by atoms with E-state index in [1.807, 2.05) is 72.8 Å². The van der Waals surface area contributed by atoms with Crippen molar-refractivity contribution in [2.24, 2.45) is 0 Å². The summed E-state index contributed by atoms with van der Waals surface area (Å²) in [7, 11) is 0. The summed E-state index contributed by atoms with van der Waals surface area (Å²) in [6.07, 6.45) is 9.35. The van der Waals surface area contributed by atoms with Crippen LogP contribution < -0.4 is 14.2 Å². The van der Waals surface area contributed by atoms with Crippen molar-refractivity contribution in [2.45, 2.75) is 82.9 Å². The van der Waals surface area contributed by atoms with Gasteiger partial charge >= 0.3 is 6.97 Å². The summed E-state index contributed by atoms with van der Waals surface area (Å²) in [6.45, 7) is -0.787. The predicted molar refractivity (Wildman–Crippen MR) is 308 cm³/mol. The molecule has 6 heterocycles. The summed E-state index contributed by atoms with van der Waals surface area (Å²) in [6, 6.07) is 43.5. The van der Waals surface area contributed by atoms with Crippen molar-refractivity contribution >= 4 is 52.4 Å². The smallest absolute Gasteiger partial charge is 0.494 e. The Kier molecular flexibility index (Phi) is 11.3. The molecule has 8 aromatic rings. The SMILES string of the molecule is CCCCCOc1ccc(-c2ccc3c(c2)-c2ccc4c5c(ccc(c25)O3)C(=O)N(CCCOc2cc(Cl)c(C3=C5C=C6CCCc7ccccc7C67C[N+]57[B-](F)(F)n5c3cc3c5-c5ccccc5CCC3)c(Cl)c2)C4O)cc1. The molecule has 0 saturated carbocycles. The number of fused-ring (bicyclic) bond motifs is 8. The van der Waals surface area contributed by atoms with Crippen molar-refractivity contribution in [1.29, 1.82) is 0 Å². The van der Waals surface area contributed by atoms with Crippen molar-refractivity contribution < 1.29 is 37.1 Å². The van der Waals surface area contributed by atoms with Gasteiger partial charge in [-0.3, -0.25) is 4.79 Å². The van der Waals surface area contributed by atoms with Crippen LogP contribution in [0.3, 0.4) is 0 Å². The average Bonchev–Trinajstić information content (AvgIpc) is 1.48. The highest BCUT2D eigenvalue weighted by molar-refractivity contribution is 6.60. The van der Waals surface area contributed by atoms with Crippen LogP contribution in [0.15, 0.2) is 151 Å². The van der Waals surface area contributed by atoms with Gasteiger partial charge in [-0.05, 0) is 145 Å². The Balaban J connectivity index is 0.711. The maximum atomic E-state index is 18.7.